The normalized spacial score (nSPS) is 15.9. The van der Waals surface area contributed by atoms with Crippen molar-refractivity contribution in [2.75, 3.05) is 9.80 Å². The van der Waals surface area contributed by atoms with Gasteiger partial charge in [0.2, 0.25) is 23.6 Å². The van der Waals surface area contributed by atoms with Crippen molar-refractivity contribution in [3.05, 3.63) is 57.6 Å². The van der Waals surface area contributed by atoms with Crippen LogP contribution in [0.4, 0.5) is 11.4 Å². The highest BCUT2D eigenvalue weighted by Crippen LogP contribution is 2.34. The highest BCUT2D eigenvalue weighted by atomic mass is 35.5. The molecule has 2 atom stereocenters. The standard InChI is InChI=1S/2C12H13ClN2O2/c2*1-2-9(12(14)17)15-10-4-3-8(13)5-7(10)6-11(15)16/h2*3-5,9H,2,6H2,1H3,(H2,14,17). The van der Waals surface area contributed by atoms with Crippen molar-refractivity contribution in [2.24, 2.45) is 11.5 Å². The van der Waals surface area contributed by atoms with Gasteiger partial charge in [-0.2, -0.15) is 0 Å². The van der Waals surface area contributed by atoms with Crippen LogP contribution >= 0.6 is 23.2 Å². The highest BCUT2D eigenvalue weighted by molar-refractivity contribution is 6.31. The van der Waals surface area contributed by atoms with Gasteiger partial charge >= 0.3 is 0 Å². The Labute approximate surface area is 207 Å². The van der Waals surface area contributed by atoms with Gasteiger partial charge in [0.25, 0.3) is 0 Å². The first-order valence-corrected chi connectivity index (χ1v) is 11.6. The summed E-state index contributed by atoms with van der Waals surface area (Å²) in [5, 5.41) is 1.18. The first-order chi connectivity index (χ1) is 16.1. The number of fused-ring (bicyclic) bond motifs is 2. The molecule has 2 aromatic carbocycles. The average Bonchev–Trinajstić information content (AvgIpc) is 3.24. The molecular formula is C24H26Cl2N4O4. The number of nitrogens with zero attached hydrogens (tertiary/aromatic N) is 2. The molecule has 0 radical (unpaired) electrons. The Morgan fingerprint density at radius 3 is 1.44 bits per heavy atom. The van der Waals surface area contributed by atoms with Crippen molar-refractivity contribution in [1.29, 1.82) is 0 Å². The molecule has 2 unspecified atom stereocenters. The Bertz CT molecular complexity index is 1060. The summed E-state index contributed by atoms with van der Waals surface area (Å²) in [5.41, 5.74) is 13.8. The fourth-order valence-electron chi connectivity index (χ4n) is 4.33. The molecule has 8 nitrogen and oxygen atoms in total. The van der Waals surface area contributed by atoms with Crippen LogP contribution in [0.5, 0.6) is 0 Å². The van der Waals surface area contributed by atoms with Gasteiger partial charge in [0.15, 0.2) is 0 Å². The molecule has 0 aromatic heterocycles. The molecule has 4 rings (SSSR count). The van der Waals surface area contributed by atoms with Crippen LogP contribution in [0, 0.1) is 0 Å². The predicted octanol–water partition coefficient (Wildman–Crippen LogP) is 2.99. The number of primary amides is 2. The molecule has 2 aromatic rings. The minimum Gasteiger partial charge on any atom is -0.368 e. The van der Waals surface area contributed by atoms with E-state index in [1.807, 2.05) is 13.8 Å². The predicted molar refractivity (Wildman–Crippen MR) is 132 cm³/mol. The number of halogens is 2. The molecule has 4 amide bonds. The van der Waals surface area contributed by atoms with Crippen molar-refractivity contribution < 1.29 is 19.2 Å². The SMILES string of the molecule is CCC(C(N)=O)N1C(=O)Cc2cc(Cl)ccc21.CCC(C(N)=O)N1C(=O)Cc2cc(Cl)ccc21. The van der Waals surface area contributed by atoms with Crippen LogP contribution in [0.2, 0.25) is 10.0 Å². The smallest absolute Gasteiger partial charge is 0.240 e. The first kappa shape index (κ1) is 25.5. The van der Waals surface area contributed by atoms with E-state index in [2.05, 4.69) is 0 Å². The number of amides is 4. The molecule has 10 heteroatoms. The number of anilines is 2. The number of benzene rings is 2. The fraction of sp³-hybridized carbons (Fsp3) is 0.333. The largest absolute Gasteiger partial charge is 0.368 e. The second-order valence-corrected chi connectivity index (χ2v) is 8.95. The second kappa shape index (κ2) is 10.4. The number of carbonyl (C=O) groups excluding carboxylic acids is 4. The maximum absolute atomic E-state index is 11.9. The minimum atomic E-state index is -0.579. The van der Waals surface area contributed by atoms with E-state index >= 15 is 0 Å². The van der Waals surface area contributed by atoms with E-state index < -0.39 is 23.9 Å². The summed E-state index contributed by atoms with van der Waals surface area (Å²) in [6.07, 6.45) is 1.56. The minimum absolute atomic E-state index is 0.104. The van der Waals surface area contributed by atoms with Gasteiger partial charge < -0.3 is 11.5 Å². The number of nitrogens with two attached hydrogens (primary N) is 2. The summed E-state index contributed by atoms with van der Waals surface area (Å²) in [4.78, 5) is 49.5. The van der Waals surface area contributed by atoms with Crippen LogP contribution in [-0.2, 0) is 32.0 Å². The Kier molecular flexibility index (Phi) is 7.84. The molecule has 4 N–H and O–H groups in total. The van der Waals surface area contributed by atoms with Gasteiger partial charge in [0.05, 0.1) is 12.8 Å². The fourth-order valence-corrected chi connectivity index (χ4v) is 4.72. The molecule has 2 aliphatic rings. The summed E-state index contributed by atoms with van der Waals surface area (Å²) in [7, 11) is 0. The summed E-state index contributed by atoms with van der Waals surface area (Å²) < 4.78 is 0. The van der Waals surface area contributed by atoms with Crippen molar-refractivity contribution in [2.45, 2.75) is 51.6 Å². The molecule has 0 saturated carbocycles. The number of hydrogen-bond acceptors (Lipinski definition) is 4. The molecule has 180 valence electrons. The third-order valence-corrected chi connectivity index (χ3v) is 6.35. The van der Waals surface area contributed by atoms with Crippen LogP contribution < -0.4 is 21.3 Å². The maximum atomic E-state index is 11.9. The monoisotopic (exact) mass is 504 g/mol. The highest BCUT2D eigenvalue weighted by Gasteiger charge is 2.36. The van der Waals surface area contributed by atoms with Gasteiger partial charge in [-0.3, -0.25) is 29.0 Å². The zero-order valence-electron chi connectivity index (χ0n) is 18.9. The Balaban J connectivity index is 0.000000191. The van der Waals surface area contributed by atoms with Gasteiger partial charge in [-0.15, -0.1) is 0 Å². The molecule has 2 heterocycles. The Hall–Kier alpha value is -3.10. The molecule has 0 aliphatic carbocycles. The summed E-state index contributed by atoms with van der Waals surface area (Å²) >= 11 is 11.7. The van der Waals surface area contributed by atoms with Crippen molar-refractivity contribution in [3.63, 3.8) is 0 Å². The van der Waals surface area contributed by atoms with Gasteiger partial charge in [0.1, 0.15) is 12.1 Å². The van der Waals surface area contributed by atoms with Crippen LogP contribution in [0.15, 0.2) is 36.4 Å². The van der Waals surface area contributed by atoms with Crippen LogP contribution in [-0.4, -0.2) is 35.7 Å². The number of carbonyl (C=O) groups is 4. The van der Waals surface area contributed by atoms with E-state index in [0.717, 1.165) is 22.5 Å². The van der Waals surface area contributed by atoms with Crippen LogP contribution in [0.25, 0.3) is 0 Å². The Morgan fingerprint density at radius 1 is 0.794 bits per heavy atom. The summed E-state index contributed by atoms with van der Waals surface area (Å²) in [6, 6.07) is 9.28. The zero-order chi connectivity index (χ0) is 25.2. The lowest BCUT2D eigenvalue weighted by molar-refractivity contribution is -0.124. The third-order valence-electron chi connectivity index (χ3n) is 5.88. The van der Waals surface area contributed by atoms with E-state index in [0.29, 0.717) is 22.9 Å². The number of rotatable bonds is 6. The molecule has 2 aliphatic heterocycles. The van der Waals surface area contributed by atoms with E-state index in [4.69, 9.17) is 34.7 Å². The first-order valence-electron chi connectivity index (χ1n) is 10.9. The van der Waals surface area contributed by atoms with Gasteiger partial charge in [-0.25, -0.2) is 0 Å². The van der Waals surface area contributed by atoms with Crippen molar-refractivity contribution in [3.8, 4) is 0 Å². The maximum Gasteiger partial charge on any atom is 0.240 e. The van der Waals surface area contributed by atoms with Gasteiger partial charge in [-0.05, 0) is 60.4 Å². The number of hydrogen-bond donors (Lipinski definition) is 2. The average molecular weight is 505 g/mol. The van der Waals surface area contributed by atoms with Gasteiger partial charge in [-0.1, -0.05) is 37.0 Å². The summed E-state index contributed by atoms with van der Waals surface area (Å²) in [6.45, 7) is 3.66. The van der Waals surface area contributed by atoms with Crippen LogP contribution in [0.3, 0.4) is 0 Å². The quantitative estimate of drug-likeness (QED) is 0.626. The molecule has 0 fully saturated rings. The second-order valence-electron chi connectivity index (χ2n) is 8.08. The molecule has 34 heavy (non-hydrogen) atoms. The molecule has 0 saturated heterocycles. The van der Waals surface area contributed by atoms with Crippen LogP contribution in [0.1, 0.15) is 37.8 Å². The van der Waals surface area contributed by atoms with E-state index in [1.54, 1.807) is 36.4 Å². The lowest BCUT2D eigenvalue weighted by atomic mass is 10.1. The topological polar surface area (TPSA) is 127 Å². The Morgan fingerprint density at radius 2 is 1.15 bits per heavy atom. The van der Waals surface area contributed by atoms with Crippen molar-refractivity contribution >= 4 is 58.2 Å². The summed E-state index contributed by atoms with van der Waals surface area (Å²) in [5.74, 6) is -1.17. The van der Waals surface area contributed by atoms with E-state index in [-0.39, 0.29) is 24.7 Å². The zero-order valence-corrected chi connectivity index (χ0v) is 20.4. The van der Waals surface area contributed by atoms with Crippen molar-refractivity contribution in [1.82, 2.24) is 0 Å². The molecular weight excluding hydrogens is 479 g/mol. The van der Waals surface area contributed by atoms with E-state index in [1.165, 1.54) is 9.80 Å². The molecule has 0 spiro atoms. The third kappa shape index (κ3) is 5.03. The molecule has 0 bridgehead atoms. The van der Waals surface area contributed by atoms with Gasteiger partial charge in [0, 0.05) is 21.4 Å². The van der Waals surface area contributed by atoms with E-state index in [9.17, 15) is 19.2 Å². The lowest BCUT2D eigenvalue weighted by Gasteiger charge is -2.25. The lowest BCUT2D eigenvalue weighted by Crippen LogP contribution is -2.46.